The van der Waals surface area contributed by atoms with Gasteiger partial charge in [-0.2, -0.15) is 0 Å². The molecule has 1 heterocycles. The number of halogens is 1. The summed E-state index contributed by atoms with van der Waals surface area (Å²) >= 11 is 1.51. The van der Waals surface area contributed by atoms with E-state index in [9.17, 15) is 14.3 Å². The number of hydrogen-bond acceptors (Lipinski definition) is 5. The lowest BCUT2D eigenvalue weighted by molar-refractivity contribution is 0.0635. The molecule has 1 atom stereocenters. The third-order valence-electron chi connectivity index (χ3n) is 4.06. The highest BCUT2D eigenvalue weighted by Gasteiger charge is 2.23. The van der Waals surface area contributed by atoms with Crippen molar-refractivity contribution in [3.05, 3.63) is 58.7 Å². The zero-order chi connectivity index (χ0) is 20.5. The van der Waals surface area contributed by atoms with E-state index in [2.05, 4.69) is 5.32 Å². The Balaban J connectivity index is 1.99. The van der Waals surface area contributed by atoms with Crippen LogP contribution in [0.3, 0.4) is 0 Å². The minimum Gasteiger partial charge on any atom is -0.496 e. The molecule has 2 aromatic carbocycles. The Bertz CT molecular complexity index is 1010. The molecular formula is C21H22FNO4S. The van der Waals surface area contributed by atoms with E-state index < -0.39 is 23.6 Å². The molecule has 0 fully saturated rings. The number of ether oxygens (including phenoxy) is 2. The first-order valence-corrected chi connectivity index (χ1v) is 9.59. The van der Waals surface area contributed by atoms with Gasteiger partial charge in [-0.25, -0.2) is 9.18 Å². The number of carbonyl (C=O) groups excluding carboxylic acids is 1. The molecule has 2 N–H and O–H groups in total. The minimum absolute atomic E-state index is 0.0939. The van der Waals surface area contributed by atoms with Gasteiger partial charge in [0.25, 0.3) is 0 Å². The highest BCUT2D eigenvalue weighted by atomic mass is 32.1. The zero-order valence-electron chi connectivity index (χ0n) is 16.1. The molecule has 0 aliphatic rings. The number of aliphatic hydroxyl groups excluding tert-OH is 1. The Hall–Kier alpha value is -2.64. The molecule has 5 nitrogen and oxygen atoms in total. The number of anilines is 1. The van der Waals surface area contributed by atoms with Crippen molar-refractivity contribution in [2.24, 2.45) is 0 Å². The number of amides is 1. The van der Waals surface area contributed by atoms with Crippen molar-refractivity contribution < 1.29 is 23.8 Å². The van der Waals surface area contributed by atoms with Crippen LogP contribution in [0, 0.1) is 5.82 Å². The topological polar surface area (TPSA) is 67.8 Å². The number of fused-ring (bicyclic) bond motifs is 1. The van der Waals surface area contributed by atoms with E-state index in [0.717, 1.165) is 16.2 Å². The van der Waals surface area contributed by atoms with Gasteiger partial charge in [-0.05, 0) is 43.7 Å². The summed E-state index contributed by atoms with van der Waals surface area (Å²) in [4.78, 5) is 12.0. The Morgan fingerprint density at radius 3 is 2.61 bits per heavy atom. The second-order valence-electron chi connectivity index (χ2n) is 7.29. The maximum Gasteiger partial charge on any atom is 0.412 e. The lowest BCUT2D eigenvalue weighted by atomic mass is 9.99. The fourth-order valence-electron chi connectivity index (χ4n) is 2.85. The quantitative estimate of drug-likeness (QED) is 0.605. The van der Waals surface area contributed by atoms with Crippen LogP contribution in [0.2, 0.25) is 0 Å². The van der Waals surface area contributed by atoms with Crippen LogP contribution in [0.15, 0.2) is 41.8 Å². The summed E-state index contributed by atoms with van der Waals surface area (Å²) in [5.74, 6) is -0.496. The Kier molecular flexibility index (Phi) is 5.58. The number of benzene rings is 2. The Labute approximate surface area is 166 Å². The monoisotopic (exact) mass is 403 g/mol. The largest absolute Gasteiger partial charge is 0.496 e. The molecule has 3 aromatic rings. The predicted octanol–water partition coefficient (Wildman–Crippen LogP) is 5.48. The molecule has 0 radical (unpaired) electrons. The zero-order valence-corrected chi connectivity index (χ0v) is 16.9. The molecule has 0 aliphatic heterocycles. The smallest absolute Gasteiger partial charge is 0.412 e. The van der Waals surface area contributed by atoms with E-state index in [0.29, 0.717) is 11.1 Å². The fraction of sp³-hybridized carbons (Fsp3) is 0.286. The number of thiophene rings is 1. The lowest BCUT2D eigenvalue weighted by Gasteiger charge is -2.21. The van der Waals surface area contributed by atoms with Crippen molar-refractivity contribution in [3.63, 3.8) is 0 Å². The van der Waals surface area contributed by atoms with E-state index in [4.69, 9.17) is 9.47 Å². The molecule has 1 amide bonds. The van der Waals surface area contributed by atoms with Crippen molar-refractivity contribution in [2.45, 2.75) is 32.5 Å². The highest BCUT2D eigenvalue weighted by Crippen LogP contribution is 2.38. The van der Waals surface area contributed by atoms with Crippen LogP contribution in [0.1, 0.15) is 38.0 Å². The summed E-state index contributed by atoms with van der Waals surface area (Å²) in [6, 6.07) is 10.2. The molecule has 0 saturated carbocycles. The first kappa shape index (κ1) is 20.1. The van der Waals surface area contributed by atoms with Crippen molar-refractivity contribution in [2.75, 3.05) is 12.4 Å². The molecule has 28 heavy (non-hydrogen) atoms. The number of carbonyl (C=O) groups is 1. The maximum atomic E-state index is 14.4. The second kappa shape index (κ2) is 7.77. The lowest BCUT2D eigenvalue weighted by Crippen LogP contribution is -2.27. The van der Waals surface area contributed by atoms with Crippen molar-refractivity contribution in [1.82, 2.24) is 0 Å². The minimum atomic E-state index is -1.05. The van der Waals surface area contributed by atoms with E-state index in [-0.39, 0.29) is 11.4 Å². The standard InChI is InChI=1S/C21H22FNO4S/c1-21(2,3)27-20(25)23-16-9-13(17(26-4)10-15(16)22)19(24)14-11-28-18-8-6-5-7-12(14)18/h5-11,19,24H,1-4H3,(H,23,25). The average molecular weight is 403 g/mol. The predicted molar refractivity (Wildman–Crippen MR) is 109 cm³/mol. The SMILES string of the molecule is COc1cc(F)c(NC(=O)OC(C)(C)C)cc1C(O)c1csc2ccccc12. The molecule has 7 heteroatoms. The van der Waals surface area contributed by atoms with Crippen LogP contribution in [0.25, 0.3) is 10.1 Å². The summed E-state index contributed by atoms with van der Waals surface area (Å²) in [5.41, 5.74) is 0.223. The number of methoxy groups -OCH3 is 1. The van der Waals surface area contributed by atoms with E-state index in [1.54, 1.807) is 20.8 Å². The third-order valence-corrected chi connectivity index (χ3v) is 5.04. The molecule has 0 saturated heterocycles. The molecule has 0 aliphatic carbocycles. The van der Waals surface area contributed by atoms with Crippen molar-refractivity contribution in [1.29, 1.82) is 0 Å². The first-order chi connectivity index (χ1) is 13.2. The fourth-order valence-corrected chi connectivity index (χ4v) is 3.83. The first-order valence-electron chi connectivity index (χ1n) is 8.71. The van der Waals surface area contributed by atoms with E-state index in [1.165, 1.54) is 24.5 Å². The van der Waals surface area contributed by atoms with Crippen molar-refractivity contribution in [3.8, 4) is 5.75 Å². The van der Waals surface area contributed by atoms with Crippen LogP contribution < -0.4 is 10.1 Å². The summed E-state index contributed by atoms with van der Waals surface area (Å²) in [7, 11) is 1.40. The van der Waals surface area contributed by atoms with Gasteiger partial charge in [-0.1, -0.05) is 18.2 Å². The van der Waals surface area contributed by atoms with Crippen LogP contribution in [0.4, 0.5) is 14.9 Å². The van der Waals surface area contributed by atoms with Gasteiger partial charge >= 0.3 is 6.09 Å². The maximum absolute atomic E-state index is 14.4. The average Bonchev–Trinajstić information content (AvgIpc) is 3.05. The van der Waals surface area contributed by atoms with Gasteiger partial charge in [0.05, 0.1) is 12.8 Å². The van der Waals surface area contributed by atoms with Gasteiger partial charge in [0, 0.05) is 21.9 Å². The third kappa shape index (κ3) is 4.26. The summed E-state index contributed by atoms with van der Waals surface area (Å²) in [6.45, 7) is 5.15. The van der Waals surface area contributed by atoms with Gasteiger partial charge in [0.15, 0.2) is 5.82 Å². The van der Waals surface area contributed by atoms with E-state index in [1.807, 2.05) is 29.6 Å². The molecule has 1 aromatic heterocycles. The van der Waals surface area contributed by atoms with Crippen LogP contribution in [-0.4, -0.2) is 23.9 Å². The van der Waals surface area contributed by atoms with E-state index >= 15 is 0 Å². The normalized spacial score (nSPS) is 12.6. The second-order valence-corrected chi connectivity index (χ2v) is 8.20. The molecule has 0 spiro atoms. The molecular weight excluding hydrogens is 381 g/mol. The van der Waals surface area contributed by atoms with Gasteiger partial charge < -0.3 is 14.6 Å². The Morgan fingerprint density at radius 2 is 1.93 bits per heavy atom. The molecule has 0 bridgehead atoms. The highest BCUT2D eigenvalue weighted by molar-refractivity contribution is 7.17. The van der Waals surface area contributed by atoms with Crippen LogP contribution in [-0.2, 0) is 4.74 Å². The molecule has 148 valence electrons. The van der Waals surface area contributed by atoms with Gasteiger partial charge in [-0.3, -0.25) is 5.32 Å². The number of aliphatic hydroxyl groups is 1. The van der Waals surface area contributed by atoms with Gasteiger partial charge in [-0.15, -0.1) is 11.3 Å². The summed E-state index contributed by atoms with van der Waals surface area (Å²) in [5, 5.41) is 16.2. The molecule has 1 unspecified atom stereocenters. The van der Waals surface area contributed by atoms with Crippen molar-refractivity contribution >= 4 is 33.2 Å². The number of nitrogens with one attached hydrogen (secondary N) is 1. The number of hydrogen-bond donors (Lipinski definition) is 2. The van der Waals surface area contributed by atoms with Gasteiger partial charge in [0.1, 0.15) is 17.5 Å². The Morgan fingerprint density at radius 1 is 1.21 bits per heavy atom. The number of rotatable bonds is 4. The summed E-state index contributed by atoms with van der Waals surface area (Å²) < 4.78 is 25.9. The molecule has 3 rings (SSSR count). The summed E-state index contributed by atoms with van der Waals surface area (Å²) in [6.07, 6.45) is -1.83. The van der Waals surface area contributed by atoms with Crippen LogP contribution >= 0.6 is 11.3 Å². The van der Waals surface area contributed by atoms with Crippen LogP contribution in [0.5, 0.6) is 5.75 Å². The van der Waals surface area contributed by atoms with Gasteiger partial charge in [0.2, 0.25) is 0 Å².